The number of nitrogens with one attached hydrogen (secondary N) is 1. The van der Waals surface area contributed by atoms with Crippen molar-refractivity contribution in [3.8, 4) is 0 Å². The quantitative estimate of drug-likeness (QED) is 0.717. The Balaban J connectivity index is 2.57. The Morgan fingerprint density at radius 1 is 1.30 bits per heavy atom. The molecule has 0 aromatic heterocycles. The Labute approximate surface area is 131 Å². The van der Waals surface area contributed by atoms with Crippen LogP contribution in [-0.4, -0.2) is 18.2 Å². The lowest BCUT2D eigenvalue weighted by Gasteiger charge is -2.15. The summed E-state index contributed by atoms with van der Waals surface area (Å²) < 4.78 is 0. The number of halogens is 1. The van der Waals surface area contributed by atoms with E-state index >= 15 is 0 Å². The van der Waals surface area contributed by atoms with Crippen molar-refractivity contribution < 1.29 is 4.79 Å². The molecule has 0 bridgehead atoms. The van der Waals surface area contributed by atoms with E-state index in [0.717, 1.165) is 17.7 Å². The summed E-state index contributed by atoms with van der Waals surface area (Å²) in [5.41, 5.74) is 0.564. The first-order valence-corrected chi connectivity index (χ1v) is 8.68. The maximum Gasteiger partial charge on any atom is 0.253 e. The minimum Gasteiger partial charge on any atom is -0.350 e. The van der Waals surface area contributed by atoms with Crippen molar-refractivity contribution in [2.45, 2.75) is 51.0 Å². The van der Waals surface area contributed by atoms with E-state index in [1.807, 2.05) is 25.3 Å². The van der Waals surface area contributed by atoms with Gasteiger partial charge in [0.1, 0.15) is 0 Å². The molecular weight excluding hydrogens is 290 g/mol. The van der Waals surface area contributed by atoms with Gasteiger partial charge in [-0.2, -0.15) is 0 Å². The fourth-order valence-electron chi connectivity index (χ4n) is 2.01. The summed E-state index contributed by atoms with van der Waals surface area (Å²) in [5.74, 6) is 0.633. The molecular formula is C16H24ClNOS. The zero-order valence-electron chi connectivity index (χ0n) is 12.7. The predicted octanol–water partition coefficient (Wildman–Crippen LogP) is 5.01. The van der Waals surface area contributed by atoms with Crippen LogP contribution in [0.1, 0.15) is 50.4 Å². The Morgan fingerprint density at radius 2 is 2.00 bits per heavy atom. The molecule has 0 spiro atoms. The molecule has 112 valence electrons. The van der Waals surface area contributed by atoms with E-state index in [0.29, 0.717) is 16.5 Å². The van der Waals surface area contributed by atoms with Gasteiger partial charge in [0.15, 0.2) is 0 Å². The van der Waals surface area contributed by atoms with Crippen LogP contribution in [0.3, 0.4) is 0 Å². The molecule has 1 N–H and O–H groups in total. The van der Waals surface area contributed by atoms with Crippen molar-refractivity contribution in [3.05, 3.63) is 28.8 Å². The van der Waals surface area contributed by atoms with E-state index in [1.165, 1.54) is 6.42 Å². The Kier molecular flexibility index (Phi) is 7.46. The lowest BCUT2D eigenvalue weighted by molar-refractivity contribution is 0.0937. The standard InChI is InChI=1S/C16H24ClNOS/c1-11(2)6-5-7-12(3)18-16(19)14-10-13(20-4)8-9-15(14)17/h8-12H,5-7H2,1-4H3,(H,18,19). The number of carbonyl (C=O) groups excluding carboxylic acids is 1. The zero-order valence-corrected chi connectivity index (χ0v) is 14.3. The highest BCUT2D eigenvalue weighted by atomic mass is 35.5. The molecule has 0 fully saturated rings. The van der Waals surface area contributed by atoms with Gasteiger partial charge in [-0.15, -0.1) is 11.8 Å². The summed E-state index contributed by atoms with van der Waals surface area (Å²) in [6.07, 6.45) is 5.32. The molecule has 1 rings (SSSR count). The summed E-state index contributed by atoms with van der Waals surface area (Å²) in [7, 11) is 0. The third-order valence-electron chi connectivity index (χ3n) is 3.21. The van der Waals surface area contributed by atoms with E-state index in [1.54, 1.807) is 17.8 Å². The van der Waals surface area contributed by atoms with E-state index in [9.17, 15) is 4.79 Å². The second kappa shape index (κ2) is 8.58. The second-order valence-corrected chi connectivity index (χ2v) is 6.83. The van der Waals surface area contributed by atoms with Crippen LogP contribution in [0.25, 0.3) is 0 Å². The third kappa shape index (κ3) is 5.76. The Bertz CT molecular complexity index is 448. The Hall–Kier alpha value is -0.670. The molecule has 1 aromatic rings. The molecule has 1 aromatic carbocycles. The number of hydrogen-bond donors (Lipinski definition) is 1. The number of hydrogen-bond acceptors (Lipinski definition) is 2. The molecule has 1 unspecified atom stereocenters. The van der Waals surface area contributed by atoms with Crippen LogP contribution >= 0.6 is 23.4 Å². The van der Waals surface area contributed by atoms with Crippen molar-refractivity contribution in [3.63, 3.8) is 0 Å². The van der Waals surface area contributed by atoms with Gasteiger partial charge in [-0.25, -0.2) is 0 Å². The molecule has 0 heterocycles. The van der Waals surface area contributed by atoms with Crippen LogP contribution in [0.5, 0.6) is 0 Å². The second-order valence-electron chi connectivity index (χ2n) is 5.55. The topological polar surface area (TPSA) is 29.1 Å². The van der Waals surface area contributed by atoms with Gasteiger partial charge in [-0.3, -0.25) is 4.79 Å². The van der Waals surface area contributed by atoms with Crippen molar-refractivity contribution >= 4 is 29.3 Å². The first-order valence-electron chi connectivity index (χ1n) is 7.08. The summed E-state index contributed by atoms with van der Waals surface area (Å²) >= 11 is 7.71. The van der Waals surface area contributed by atoms with Crippen molar-refractivity contribution in [2.75, 3.05) is 6.26 Å². The van der Waals surface area contributed by atoms with E-state index in [2.05, 4.69) is 19.2 Å². The fourth-order valence-corrected chi connectivity index (χ4v) is 2.65. The van der Waals surface area contributed by atoms with Gasteiger partial charge < -0.3 is 5.32 Å². The summed E-state index contributed by atoms with van der Waals surface area (Å²) in [5, 5.41) is 3.54. The molecule has 1 atom stereocenters. The molecule has 0 saturated carbocycles. The van der Waals surface area contributed by atoms with Gasteiger partial charge >= 0.3 is 0 Å². The maximum atomic E-state index is 12.2. The number of thioether (sulfide) groups is 1. The normalized spacial score (nSPS) is 12.5. The van der Waals surface area contributed by atoms with Crippen molar-refractivity contribution in [2.24, 2.45) is 5.92 Å². The average Bonchev–Trinajstić information content (AvgIpc) is 2.38. The van der Waals surface area contributed by atoms with E-state index < -0.39 is 0 Å². The lowest BCUT2D eigenvalue weighted by Crippen LogP contribution is -2.32. The number of rotatable bonds is 7. The van der Waals surface area contributed by atoms with Crippen LogP contribution in [-0.2, 0) is 0 Å². The number of benzene rings is 1. The van der Waals surface area contributed by atoms with Gasteiger partial charge in [0.2, 0.25) is 0 Å². The van der Waals surface area contributed by atoms with E-state index in [-0.39, 0.29) is 11.9 Å². The zero-order chi connectivity index (χ0) is 15.1. The first kappa shape index (κ1) is 17.4. The molecule has 0 saturated heterocycles. The van der Waals surface area contributed by atoms with Crippen LogP contribution in [0.15, 0.2) is 23.1 Å². The lowest BCUT2D eigenvalue weighted by atomic mass is 10.0. The Morgan fingerprint density at radius 3 is 2.60 bits per heavy atom. The van der Waals surface area contributed by atoms with Gasteiger partial charge in [0, 0.05) is 10.9 Å². The van der Waals surface area contributed by atoms with Crippen LogP contribution in [0.4, 0.5) is 0 Å². The van der Waals surface area contributed by atoms with Crippen LogP contribution in [0, 0.1) is 5.92 Å². The summed E-state index contributed by atoms with van der Waals surface area (Å²) in [4.78, 5) is 13.3. The highest BCUT2D eigenvalue weighted by Gasteiger charge is 2.13. The molecule has 20 heavy (non-hydrogen) atoms. The molecule has 0 aliphatic heterocycles. The molecule has 0 aliphatic rings. The average molecular weight is 314 g/mol. The molecule has 0 aliphatic carbocycles. The molecule has 4 heteroatoms. The third-order valence-corrected chi connectivity index (χ3v) is 4.27. The minimum atomic E-state index is -0.0806. The number of carbonyl (C=O) groups is 1. The van der Waals surface area contributed by atoms with Crippen LogP contribution < -0.4 is 5.32 Å². The monoisotopic (exact) mass is 313 g/mol. The smallest absolute Gasteiger partial charge is 0.253 e. The van der Waals surface area contributed by atoms with Gasteiger partial charge in [-0.1, -0.05) is 38.3 Å². The van der Waals surface area contributed by atoms with Gasteiger partial charge in [0.05, 0.1) is 10.6 Å². The van der Waals surface area contributed by atoms with Gasteiger partial charge in [0.25, 0.3) is 5.91 Å². The predicted molar refractivity (Wildman–Crippen MR) is 88.9 cm³/mol. The maximum absolute atomic E-state index is 12.2. The van der Waals surface area contributed by atoms with Gasteiger partial charge in [-0.05, 0) is 43.7 Å². The number of amides is 1. The molecule has 2 nitrogen and oxygen atoms in total. The summed E-state index contributed by atoms with van der Waals surface area (Å²) in [6.45, 7) is 6.48. The van der Waals surface area contributed by atoms with Crippen LogP contribution in [0.2, 0.25) is 5.02 Å². The van der Waals surface area contributed by atoms with Crippen molar-refractivity contribution in [1.29, 1.82) is 0 Å². The molecule has 0 radical (unpaired) electrons. The largest absolute Gasteiger partial charge is 0.350 e. The fraction of sp³-hybridized carbons (Fsp3) is 0.562. The molecule has 1 amide bonds. The summed E-state index contributed by atoms with van der Waals surface area (Å²) in [6, 6.07) is 5.74. The minimum absolute atomic E-state index is 0.0806. The highest BCUT2D eigenvalue weighted by Crippen LogP contribution is 2.23. The SMILES string of the molecule is CSc1ccc(Cl)c(C(=O)NC(C)CCCC(C)C)c1. The van der Waals surface area contributed by atoms with E-state index in [4.69, 9.17) is 11.6 Å². The van der Waals surface area contributed by atoms with Crippen molar-refractivity contribution in [1.82, 2.24) is 5.32 Å². The first-order chi connectivity index (χ1) is 9.43. The highest BCUT2D eigenvalue weighted by molar-refractivity contribution is 7.98.